The number of aliphatic hydroxyl groups is 1. The molecule has 0 aromatic heterocycles. The first-order valence-electron chi connectivity index (χ1n) is 6.43. The summed E-state index contributed by atoms with van der Waals surface area (Å²) in [5.41, 5.74) is 0. The average Bonchev–Trinajstić information content (AvgIpc) is 2.25. The van der Waals surface area contributed by atoms with Gasteiger partial charge in [0.1, 0.15) is 0 Å². The Morgan fingerprint density at radius 2 is 1.56 bits per heavy atom. The predicted molar refractivity (Wildman–Crippen MR) is 74.8 cm³/mol. The van der Waals surface area contributed by atoms with Crippen LogP contribution in [0, 0.1) is 0 Å². The third-order valence-electron chi connectivity index (χ3n) is 2.73. The molecular formula is C12H27OPSZn. The van der Waals surface area contributed by atoms with E-state index in [9.17, 15) is 5.11 Å². The summed E-state index contributed by atoms with van der Waals surface area (Å²) in [6, 6.07) is 0. The fourth-order valence-corrected chi connectivity index (χ4v) is 3.97. The molecule has 4 heteroatoms. The molecule has 0 heterocycles. The third-order valence-corrected chi connectivity index (χ3v) is 6.04. The van der Waals surface area contributed by atoms with Crippen LogP contribution in [0.5, 0.6) is 0 Å². The third kappa shape index (κ3) is 11.7. The van der Waals surface area contributed by atoms with Crippen molar-refractivity contribution in [2.24, 2.45) is 0 Å². The van der Waals surface area contributed by atoms with Gasteiger partial charge in [-0.3, -0.25) is 0 Å². The first kappa shape index (κ1) is 19.6. The van der Waals surface area contributed by atoms with E-state index in [2.05, 4.69) is 13.8 Å². The summed E-state index contributed by atoms with van der Waals surface area (Å²) < 4.78 is 0. The smallest absolute Gasteiger partial charge is 0.0797 e. The maximum absolute atomic E-state index is 9.84. The number of hydrogen-bond acceptors (Lipinski definition) is 2. The Hall–Kier alpha value is 1.23. The fourth-order valence-electron chi connectivity index (χ4n) is 1.62. The van der Waals surface area contributed by atoms with E-state index in [0.717, 1.165) is 19.0 Å². The van der Waals surface area contributed by atoms with Crippen LogP contribution in [-0.2, 0) is 31.3 Å². The van der Waals surface area contributed by atoms with Crippen molar-refractivity contribution in [3.05, 3.63) is 0 Å². The molecule has 0 spiro atoms. The predicted octanol–water partition coefficient (Wildman–Crippen LogP) is 4.14. The Balaban J connectivity index is 0. The summed E-state index contributed by atoms with van der Waals surface area (Å²) in [7, 11) is 0. The minimum atomic E-state index is -0.884. The maximum Gasteiger partial charge on any atom is 0.0797 e. The van der Waals surface area contributed by atoms with Crippen LogP contribution in [0.25, 0.3) is 0 Å². The van der Waals surface area contributed by atoms with E-state index in [1.54, 1.807) is 0 Å². The van der Waals surface area contributed by atoms with E-state index < -0.39 is 6.70 Å². The Labute approximate surface area is 120 Å². The van der Waals surface area contributed by atoms with E-state index in [1.807, 2.05) is 0 Å². The van der Waals surface area contributed by atoms with Crippen molar-refractivity contribution < 1.29 is 24.6 Å². The molecule has 1 N–H and O–H groups in total. The normalized spacial score (nSPS) is 14.2. The van der Waals surface area contributed by atoms with Gasteiger partial charge in [0.05, 0.1) is 5.85 Å². The quantitative estimate of drug-likeness (QED) is 0.371. The molecule has 0 saturated heterocycles. The molecule has 0 aromatic carbocycles. The molecule has 0 rings (SSSR count). The summed E-state index contributed by atoms with van der Waals surface area (Å²) in [6.45, 7) is 3.52. The summed E-state index contributed by atoms with van der Waals surface area (Å²) in [5.74, 6) is -0.141. The van der Waals surface area contributed by atoms with E-state index in [-0.39, 0.29) is 25.3 Å². The van der Waals surface area contributed by atoms with Gasteiger partial charge in [0.15, 0.2) is 0 Å². The van der Waals surface area contributed by atoms with Gasteiger partial charge in [0.2, 0.25) is 0 Å². The minimum absolute atomic E-state index is 0. The molecule has 0 aliphatic carbocycles. The first-order chi connectivity index (χ1) is 7.22. The van der Waals surface area contributed by atoms with Gasteiger partial charge in [-0.2, -0.15) is 0 Å². The van der Waals surface area contributed by atoms with Crippen LogP contribution in [0.15, 0.2) is 0 Å². The maximum atomic E-state index is 9.84. The zero-order chi connectivity index (χ0) is 11.5. The van der Waals surface area contributed by atoms with Crippen LogP contribution >= 0.6 is 6.70 Å². The van der Waals surface area contributed by atoms with Gasteiger partial charge >= 0.3 is 0 Å². The summed E-state index contributed by atoms with van der Waals surface area (Å²) in [4.78, 5) is 0. The van der Waals surface area contributed by atoms with Crippen molar-refractivity contribution in [1.29, 1.82) is 0 Å². The molecule has 0 saturated carbocycles. The van der Waals surface area contributed by atoms with Crippen molar-refractivity contribution >= 4 is 18.5 Å². The molecule has 0 aliphatic rings. The second-order valence-corrected chi connectivity index (χ2v) is 7.96. The zero-order valence-corrected chi connectivity index (χ0v) is 15.8. The topological polar surface area (TPSA) is 20.2 Å². The fraction of sp³-hybridized carbons (Fsp3) is 1.00. The Morgan fingerprint density at radius 3 is 2.12 bits per heavy atom. The number of rotatable bonds is 10. The molecule has 2 unspecified atom stereocenters. The van der Waals surface area contributed by atoms with Gasteiger partial charge in [0.25, 0.3) is 0 Å². The Morgan fingerprint density at radius 1 is 1.00 bits per heavy atom. The minimum Gasteiger partial charge on any atom is -0.388 e. The van der Waals surface area contributed by atoms with Crippen LogP contribution in [0.2, 0.25) is 0 Å². The molecule has 16 heavy (non-hydrogen) atoms. The number of unbranched alkanes of at least 4 members (excludes halogenated alkanes) is 5. The van der Waals surface area contributed by atoms with Crippen molar-refractivity contribution in [3.63, 3.8) is 0 Å². The number of hydrogen-bond donors (Lipinski definition) is 1. The van der Waals surface area contributed by atoms with Gasteiger partial charge in [0, 0.05) is 19.5 Å². The molecule has 0 radical (unpaired) electrons. The summed E-state index contributed by atoms with van der Waals surface area (Å²) in [5, 5.41) is 9.84. The molecule has 94 valence electrons. The van der Waals surface area contributed by atoms with Gasteiger partial charge in [-0.25, -0.2) is 0 Å². The van der Waals surface area contributed by atoms with E-state index in [1.165, 1.54) is 38.5 Å². The van der Waals surface area contributed by atoms with Gasteiger partial charge in [-0.05, 0) is 25.7 Å². The zero-order valence-electron chi connectivity index (χ0n) is 11.0. The number of aliphatic hydroxyl groups excluding tert-OH is 1. The summed E-state index contributed by atoms with van der Waals surface area (Å²) in [6.07, 6.45) is 10.8. The van der Waals surface area contributed by atoms with E-state index in [4.69, 9.17) is 11.8 Å². The Bertz CT molecular complexity index is 167. The molecule has 0 fully saturated rings. The van der Waals surface area contributed by atoms with Crippen molar-refractivity contribution in [2.45, 2.75) is 71.1 Å². The van der Waals surface area contributed by atoms with Gasteiger partial charge in [-0.15, -0.1) is 0 Å². The van der Waals surface area contributed by atoms with Crippen LogP contribution in [0.1, 0.15) is 65.2 Å². The monoisotopic (exact) mass is 314 g/mol. The van der Waals surface area contributed by atoms with Gasteiger partial charge < -0.3 is 5.11 Å². The van der Waals surface area contributed by atoms with Gasteiger partial charge in [-0.1, -0.05) is 64.2 Å². The molecule has 0 bridgehead atoms. The largest absolute Gasteiger partial charge is 0.388 e. The van der Waals surface area contributed by atoms with Crippen LogP contribution in [0.3, 0.4) is 0 Å². The average molecular weight is 316 g/mol. The van der Waals surface area contributed by atoms with Crippen LogP contribution in [0.4, 0.5) is 0 Å². The molecule has 1 nitrogen and oxygen atoms in total. The van der Waals surface area contributed by atoms with E-state index in [0.29, 0.717) is 0 Å². The molecule has 2 atom stereocenters. The van der Waals surface area contributed by atoms with Crippen molar-refractivity contribution in [1.82, 2.24) is 0 Å². The van der Waals surface area contributed by atoms with Crippen LogP contribution < -0.4 is 0 Å². The molecule has 0 aromatic rings. The molecule has 0 amide bonds. The second-order valence-electron chi connectivity index (χ2n) is 4.29. The first-order valence-corrected chi connectivity index (χ1v) is 9.34. The molecule has 0 aliphatic heterocycles. The van der Waals surface area contributed by atoms with E-state index >= 15 is 0 Å². The standard InChI is InChI=1S/C12H27OPS.Zn/c1-3-5-7-8-9-10-12(13)14(15)11-6-4-2;/h12-14H,3-11H2,1-2H3;. The van der Waals surface area contributed by atoms with Crippen molar-refractivity contribution in [3.8, 4) is 0 Å². The molecular weight excluding hydrogens is 289 g/mol. The SMILES string of the molecule is CCCCCCCC(O)[PH](=S)CCCC.[Zn]. The summed E-state index contributed by atoms with van der Waals surface area (Å²) >= 11 is 5.38. The van der Waals surface area contributed by atoms with Crippen LogP contribution in [-0.4, -0.2) is 17.1 Å². The second kappa shape index (κ2) is 14.3. The van der Waals surface area contributed by atoms with Crippen molar-refractivity contribution in [2.75, 3.05) is 6.16 Å². The Kier molecular flexibility index (Phi) is 17.5.